The first kappa shape index (κ1) is 16.2. The van der Waals surface area contributed by atoms with E-state index in [1.165, 1.54) is 6.07 Å². The highest BCUT2D eigenvalue weighted by Gasteiger charge is 2.41. The van der Waals surface area contributed by atoms with Crippen molar-refractivity contribution in [1.82, 2.24) is 4.90 Å². The number of hydrogen-bond donors (Lipinski definition) is 1. The number of nitrogens with zero attached hydrogens (tertiary/aromatic N) is 1. The molecule has 21 heavy (non-hydrogen) atoms. The van der Waals surface area contributed by atoms with Gasteiger partial charge in [-0.25, -0.2) is 4.39 Å². The van der Waals surface area contributed by atoms with Crippen LogP contribution in [0.3, 0.4) is 0 Å². The van der Waals surface area contributed by atoms with Gasteiger partial charge in [0.05, 0.1) is 5.41 Å². The minimum Gasteiger partial charge on any atom is -0.481 e. The third-order valence-corrected chi connectivity index (χ3v) is 4.48. The van der Waals surface area contributed by atoms with Crippen molar-refractivity contribution in [2.75, 3.05) is 13.1 Å². The number of rotatable bonds is 5. The zero-order valence-corrected chi connectivity index (χ0v) is 13.0. The molecule has 0 spiro atoms. The van der Waals surface area contributed by atoms with Gasteiger partial charge in [-0.05, 0) is 37.9 Å². The average Bonchev–Trinajstić information content (AvgIpc) is 2.42. The van der Waals surface area contributed by atoms with Crippen molar-refractivity contribution in [3.63, 3.8) is 0 Å². The number of hydrogen-bond acceptors (Lipinski definition) is 2. The maximum Gasteiger partial charge on any atom is 0.310 e. The minimum atomic E-state index is -0.731. The van der Waals surface area contributed by atoms with Crippen LogP contribution in [0.5, 0.6) is 0 Å². The molecule has 1 fully saturated rings. The van der Waals surface area contributed by atoms with E-state index in [0.717, 1.165) is 19.4 Å². The Morgan fingerprint density at radius 2 is 2.29 bits per heavy atom. The van der Waals surface area contributed by atoms with Gasteiger partial charge in [-0.1, -0.05) is 31.0 Å². The highest BCUT2D eigenvalue weighted by molar-refractivity contribution is 6.30. The van der Waals surface area contributed by atoms with Gasteiger partial charge >= 0.3 is 5.97 Å². The summed E-state index contributed by atoms with van der Waals surface area (Å²) in [4.78, 5) is 13.7. The Morgan fingerprint density at radius 1 is 1.52 bits per heavy atom. The second-order valence-corrected chi connectivity index (χ2v) is 6.32. The van der Waals surface area contributed by atoms with Crippen LogP contribution in [-0.4, -0.2) is 29.1 Å². The lowest BCUT2D eigenvalue weighted by Gasteiger charge is -2.40. The maximum absolute atomic E-state index is 13.9. The molecule has 1 aromatic rings. The number of piperidine rings is 1. The predicted molar refractivity (Wildman–Crippen MR) is 80.9 cm³/mol. The van der Waals surface area contributed by atoms with E-state index in [1.54, 1.807) is 12.1 Å². The first-order valence-electron chi connectivity index (χ1n) is 7.36. The highest BCUT2D eigenvalue weighted by Crippen LogP contribution is 2.35. The summed E-state index contributed by atoms with van der Waals surface area (Å²) in [6.45, 7) is 3.73. The van der Waals surface area contributed by atoms with E-state index < -0.39 is 11.4 Å². The molecule has 1 unspecified atom stereocenters. The van der Waals surface area contributed by atoms with E-state index in [0.29, 0.717) is 36.5 Å². The molecule has 116 valence electrons. The van der Waals surface area contributed by atoms with E-state index in [4.69, 9.17) is 11.6 Å². The Balaban J connectivity index is 2.12. The molecule has 1 heterocycles. The molecule has 1 atom stereocenters. The summed E-state index contributed by atoms with van der Waals surface area (Å²) in [5.74, 6) is -1.06. The maximum atomic E-state index is 13.9. The number of carboxylic acid groups (broad SMARTS) is 1. The van der Waals surface area contributed by atoms with Gasteiger partial charge in [-0.15, -0.1) is 0 Å². The summed E-state index contributed by atoms with van der Waals surface area (Å²) in [7, 11) is 0. The molecule has 5 heteroatoms. The Kier molecular flexibility index (Phi) is 5.22. The van der Waals surface area contributed by atoms with E-state index in [2.05, 4.69) is 0 Å². The molecule has 0 radical (unpaired) electrons. The van der Waals surface area contributed by atoms with Gasteiger partial charge in [-0.3, -0.25) is 9.69 Å². The lowest BCUT2D eigenvalue weighted by molar-refractivity contribution is -0.153. The topological polar surface area (TPSA) is 40.5 Å². The third kappa shape index (κ3) is 3.74. The van der Waals surface area contributed by atoms with Crippen LogP contribution >= 0.6 is 11.6 Å². The van der Waals surface area contributed by atoms with Crippen LogP contribution in [0.2, 0.25) is 5.02 Å². The van der Waals surface area contributed by atoms with E-state index in [9.17, 15) is 14.3 Å². The summed E-state index contributed by atoms with van der Waals surface area (Å²) in [6.07, 6.45) is 3.05. The Hall–Kier alpha value is -1.13. The summed E-state index contributed by atoms with van der Waals surface area (Å²) >= 11 is 5.76. The molecule has 1 aliphatic heterocycles. The summed E-state index contributed by atoms with van der Waals surface area (Å²) in [5.41, 5.74) is -0.118. The molecule has 1 aromatic carbocycles. The SMILES string of the molecule is CCCC1(C(=O)O)CCCN(Cc2ccc(Cl)cc2F)C1. The zero-order chi connectivity index (χ0) is 15.5. The van der Waals surface area contributed by atoms with Gasteiger partial charge in [0.25, 0.3) is 0 Å². The first-order valence-corrected chi connectivity index (χ1v) is 7.74. The Bertz CT molecular complexity index is 519. The van der Waals surface area contributed by atoms with Gasteiger partial charge < -0.3 is 5.11 Å². The van der Waals surface area contributed by atoms with Crippen LogP contribution in [0, 0.1) is 11.2 Å². The predicted octanol–water partition coefficient (Wildman–Crippen LogP) is 3.95. The molecule has 1 saturated heterocycles. The summed E-state index contributed by atoms with van der Waals surface area (Å²) < 4.78 is 13.9. The van der Waals surface area contributed by atoms with Crippen molar-refractivity contribution in [2.24, 2.45) is 5.41 Å². The molecule has 0 bridgehead atoms. The number of aliphatic carboxylic acids is 1. The van der Waals surface area contributed by atoms with Crippen LogP contribution in [0.4, 0.5) is 4.39 Å². The lowest BCUT2D eigenvalue weighted by atomic mass is 9.76. The van der Waals surface area contributed by atoms with Gasteiger partial charge in [0.15, 0.2) is 0 Å². The molecule has 1 aliphatic rings. The fourth-order valence-corrected chi connectivity index (χ4v) is 3.38. The quantitative estimate of drug-likeness (QED) is 0.895. The first-order chi connectivity index (χ1) is 9.97. The van der Waals surface area contributed by atoms with Crippen molar-refractivity contribution in [2.45, 2.75) is 39.2 Å². The van der Waals surface area contributed by atoms with E-state index >= 15 is 0 Å². The van der Waals surface area contributed by atoms with Gasteiger partial charge in [0.1, 0.15) is 5.82 Å². The highest BCUT2D eigenvalue weighted by atomic mass is 35.5. The van der Waals surface area contributed by atoms with Crippen LogP contribution < -0.4 is 0 Å². The van der Waals surface area contributed by atoms with Crippen molar-refractivity contribution < 1.29 is 14.3 Å². The number of carboxylic acids is 1. The molecule has 0 aromatic heterocycles. The lowest BCUT2D eigenvalue weighted by Crippen LogP contribution is -2.47. The van der Waals surface area contributed by atoms with E-state index in [1.807, 2.05) is 11.8 Å². The zero-order valence-electron chi connectivity index (χ0n) is 12.2. The number of carbonyl (C=O) groups is 1. The van der Waals surface area contributed by atoms with Crippen molar-refractivity contribution in [3.05, 3.63) is 34.6 Å². The average molecular weight is 314 g/mol. The van der Waals surface area contributed by atoms with Gasteiger partial charge in [0.2, 0.25) is 0 Å². The molecule has 2 rings (SSSR count). The normalized spacial score (nSPS) is 23.2. The monoisotopic (exact) mass is 313 g/mol. The van der Waals surface area contributed by atoms with Crippen LogP contribution in [-0.2, 0) is 11.3 Å². The Labute approximate surface area is 129 Å². The number of halogens is 2. The standard InChI is InChI=1S/C16H21ClFNO2/c1-2-6-16(15(20)21)7-3-8-19(11-16)10-12-4-5-13(17)9-14(12)18/h4-5,9H,2-3,6-8,10-11H2,1H3,(H,20,21). The fraction of sp³-hybridized carbons (Fsp3) is 0.562. The van der Waals surface area contributed by atoms with Gasteiger partial charge in [-0.2, -0.15) is 0 Å². The second-order valence-electron chi connectivity index (χ2n) is 5.89. The number of likely N-dealkylation sites (tertiary alicyclic amines) is 1. The smallest absolute Gasteiger partial charge is 0.310 e. The fourth-order valence-electron chi connectivity index (χ4n) is 3.22. The van der Waals surface area contributed by atoms with Crippen molar-refractivity contribution in [1.29, 1.82) is 0 Å². The van der Waals surface area contributed by atoms with Crippen molar-refractivity contribution >= 4 is 17.6 Å². The van der Waals surface area contributed by atoms with Gasteiger partial charge in [0, 0.05) is 23.7 Å². The molecular formula is C16H21ClFNO2. The molecule has 0 aliphatic carbocycles. The largest absolute Gasteiger partial charge is 0.481 e. The molecule has 0 amide bonds. The molecule has 1 N–H and O–H groups in total. The second kappa shape index (κ2) is 6.75. The molecule has 3 nitrogen and oxygen atoms in total. The minimum absolute atomic E-state index is 0.329. The van der Waals surface area contributed by atoms with Crippen LogP contribution in [0.25, 0.3) is 0 Å². The summed E-state index contributed by atoms with van der Waals surface area (Å²) in [6, 6.07) is 4.65. The third-order valence-electron chi connectivity index (χ3n) is 4.25. The molecule has 0 saturated carbocycles. The van der Waals surface area contributed by atoms with Crippen molar-refractivity contribution in [3.8, 4) is 0 Å². The Morgan fingerprint density at radius 3 is 2.90 bits per heavy atom. The van der Waals surface area contributed by atoms with E-state index in [-0.39, 0.29) is 5.82 Å². The molecular weight excluding hydrogens is 293 g/mol. The summed E-state index contributed by atoms with van der Waals surface area (Å²) in [5, 5.41) is 9.95. The van der Waals surface area contributed by atoms with Crippen LogP contribution in [0.15, 0.2) is 18.2 Å². The number of benzene rings is 1. The van der Waals surface area contributed by atoms with Crippen LogP contribution in [0.1, 0.15) is 38.2 Å².